The first kappa shape index (κ1) is 5.54. The summed E-state index contributed by atoms with van der Waals surface area (Å²) in [6.07, 6.45) is 1.75. The molecule has 0 bridgehead atoms. The first-order valence-electron chi connectivity index (χ1n) is 2.57. The first-order valence-corrected chi connectivity index (χ1v) is 2.57. The van der Waals surface area contributed by atoms with Gasteiger partial charge in [0.25, 0.3) is 0 Å². The van der Waals surface area contributed by atoms with Gasteiger partial charge < -0.3 is 4.74 Å². The summed E-state index contributed by atoms with van der Waals surface area (Å²) in [5, 5.41) is 0. The smallest absolute Gasteiger partial charge is 0.311 e. The topological polar surface area (TPSA) is 26.3 Å². The van der Waals surface area contributed by atoms with Crippen LogP contribution in [0.2, 0.25) is 0 Å². The van der Waals surface area contributed by atoms with Crippen LogP contribution in [-0.4, -0.2) is 12.8 Å². The number of halogens is 1. The molecule has 0 aromatic heterocycles. The minimum atomic E-state index is -0.977. The highest BCUT2D eigenvalue weighted by Gasteiger charge is 2.30. The maximum atomic E-state index is 11.2. The number of carbonyl (C=O) groups is 1. The normalized spacial score (nSPS) is 18.1. The van der Waals surface area contributed by atoms with Crippen LogP contribution < -0.4 is 0 Å². The average molecular weight is 118 g/mol. The second-order valence-corrected chi connectivity index (χ2v) is 1.85. The van der Waals surface area contributed by atoms with Crippen LogP contribution in [0.5, 0.6) is 0 Å². The van der Waals surface area contributed by atoms with E-state index in [-0.39, 0.29) is 11.9 Å². The molecule has 1 fully saturated rings. The molecule has 0 aliphatic heterocycles. The molecule has 0 amide bonds. The van der Waals surface area contributed by atoms with Crippen molar-refractivity contribution < 1.29 is 13.9 Å². The van der Waals surface area contributed by atoms with E-state index in [1.807, 2.05) is 0 Å². The van der Waals surface area contributed by atoms with Crippen molar-refractivity contribution in [3.8, 4) is 0 Å². The lowest BCUT2D eigenvalue weighted by molar-refractivity contribution is -0.149. The number of hydrogen-bond acceptors (Lipinski definition) is 2. The molecule has 0 spiro atoms. The number of hydrogen-bond donors (Lipinski definition) is 0. The third-order valence-electron chi connectivity index (χ3n) is 1.11. The maximum absolute atomic E-state index is 11.2. The van der Waals surface area contributed by atoms with Crippen LogP contribution in [-0.2, 0) is 9.53 Å². The minimum Gasteiger partial charge on any atom is -0.434 e. The summed E-state index contributed by atoms with van der Waals surface area (Å²) in [6, 6.07) is 0. The zero-order valence-corrected chi connectivity index (χ0v) is 4.39. The lowest BCUT2D eigenvalue weighted by Gasteiger charge is -1.93. The lowest BCUT2D eigenvalue weighted by atomic mass is 10.4. The Labute approximate surface area is 46.6 Å². The molecular weight excluding hydrogens is 111 g/mol. The van der Waals surface area contributed by atoms with E-state index < -0.39 is 6.86 Å². The Bertz CT molecular complexity index is 98.6. The van der Waals surface area contributed by atoms with E-state index in [1.54, 1.807) is 0 Å². The third-order valence-corrected chi connectivity index (χ3v) is 1.11. The molecule has 46 valence electrons. The molecule has 1 aliphatic carbocycles. The van der Waals surface area contributed by atoms with Gasteiger partial charge >= 0.3 is 5.97 Å². The second-order valence-electron chi connectivity index (χ2n) is 1.85. The minimum absolute atomic E-state index is 0.0192. The van der Waals surface area contributed by atoms with Gasteiger partial charge in [0, 0.05) is 0 Å². The van der Waals surface area contributed by atoms with Crippen LogP contribution in [0.15, 0.2) is 0 Å². The molecule has 0 unspecified atom stereocenters. The van der Waals surface area contributed by atoms with E-state index in [0.29, 0.717) is 0 Å². The number of ether oxygens (including phenoxy) is 1. The summed E-state index contributed by atoms with van der Waals surface area (Å²) in [6.45, 7) is -0.977. The van der Waals surface area contributed by atoms with Crippen molar-refractivity contribution in [2.45, 2.75) is 12.8 Å². The summed E-state index contributed by atoms with van der Waals surface area (Å²) in [5.74, 6) is -0.363. The van der Waals surface area contributed by atoms with Crippen molar-refractivity contribution in [3.63, 3.8) is 0 Å². The quantitative estimate of drug-likeness (QED) is 0.503. The molecular formula is C5H7FO2. The van der Waals surface area contributed by atoms with E-state index in [0.717, 1.165) is 12.8 Å². The largest absolute Gasteiger partial charge is 0.434 e. The summed E-state index contributed by atoms with van der Waals surface area (Å²) >= 11 is 0. The van der Waals surface area contributed by atoms with E-state index in [9.17, 15) is 9.18 Å². The fourth-order valence-electron chi connectivity index (χ4n) is 0.491. The van der Waals surface area contributed by atoms with Crippen LogP contribution in [0.25, 0.3) is 0 Å². The summed E-state index contributed by atoms with van der Waals surface area (Å²) < 4.78 is 15.2. The highest BCUT2D eigenvalue weighted by atomic mass is 19.1. The molecule has 0 heterocycles. The Kier molecular flexibility index (Phi) is 1.46. The number of carbonyl (C=O) groups excluding carboxylic acids is 1. The molecule has 8 heavy (non-hydrogen) atoms. The van der Waals surface area contributed by atoms with Crippen LogP contribution in [0, 0.1) is 5.92 Å². The highest BCUT2D eigenvalue weighted by molar-refractivity contribution is 5.74. The number of alkyl halides is 1. The van der Waals surface area contributed by atoms with Gasteiger partial charge in [0.1, 0.15) is 0 Å². The van der Waals surface area contributed by atoms with E-state index in [2.05, 4.69) is 4.74 Å². The molecule has 1 aliphatic rings. The summed E-state index contributed by atoms with van der Waals surface area (Å²) in [7, 11) is 0. The Hall–Kier alpha value is -0.600. The molecule has 0 aromatic carbocycles. The number of esters is 1. The van der Waals surface area contributed by atoms with Crippen molar-refractivity contribution in [2.75, 3.05) is 6.86 Å². The first-order chi connectivity index (χ1) is 3.84. The molecule has 0 aromatic rings. The molecule has 3 heteroatoms. The van der Waals surface area contributed by atoms with Gasteiger partial charge in [-0.05, 0) is 12.8 Å². The van der Waals surface area contributed by atoms with Gasteiger partial charge in [-0.3, -0.25) is 4.79 Å². The van der Waals surface area contributed by atoms with Gasteiger partial charge in [-0.15, -0.1) is 0 Å². The van der Waals surface area contributed by atoms with Gasteiger partial charge in [-0.25, -0.2) is 4.39 Å². The molecule has 0 saturated heterocycles. The molecule has 2 nitrogen and oxygen atoms in total. The molecule has 0 radical (unpaired) electrons. The standard InChI is InChI=1S/C5H7FO2/c6-3-8-5(7)4-1-2-4/h4H,1-3H2. The van der Waals surface area contributed by atoms with Crippen LogP contribution in [0.1, 0.15) is 12.8 Å². The van der Waals surface area contributed by atoms with Crippen LogP contribution in [0.3, 0.4) is 0 Å². The maximum Gasteiger partial charge on any atom is 0.311 e. The van der Waals surface area contributed by atoms with Crippen molar-refractivity contribution in [1.29, 1.82) is 0 Å². The highest BCUT2D eigenvalue weighted by Crippen LogP contribution is 2.29. The molecule has 1 saturated carbocycles. The Morgan fingerprint density at radius 1 is 1.75 bits per heavy atom. The summed E-state index contributed by atoms with van der Waals surface area (Å²) in [5.41, 5.74) is 0. The van der Waals surface area contributed by atoms with Crippen molar-refractivity contribution in [1.82, 2.24) is 0 Å². The number of rotatable bonds is 2. The van der Waals surface area contributed by atoms with Crippen LogP contribution in [0.4, 0.5) is 4.39 Å². The fraction of sp³-hybridized carbons (Fsp3) is 0.800. The van der Waals surface area contributed by atoms with E-state index in [4.69, 9.17) is 0 Å². The predicted octanol–water partition coefficient (Wildman–Crippen LogP) is 0.867. The zero-order valence-electron chi connectivity index (χ0n) is 4.39. The lowest BCUT2D eigenvalue weighted by Crippen LogP contribution is -2.04. The average Bonchev–Trinajstić information content (AvgIpc) is 2.45. The van der Waals surface area contributed by atoms with Crippen molar-refractivity contribution >= 4 is 5.97 Å². The summed E-state index contributed by atoms with van der Waals surface area (Å²) in [4.78, 5) is 10.3. The predicted molar refractivity (Wildman–Crippen MR) is 24.8 cm³/mol. The molecule has 0 atom stereocenters. The zero-order chi connectivity index (χ0) is 5.98. The monoisotopic (exact) mass is 118 g/mol. The van der Waals surface area contributed by atoms with Gasteiger partial charge in [0.15, 0.2) is 0 Å². The van der Waals surface area contributed by atoms with Crippen molar-refractivity contribution in [2.24, 2.45) is 5.92 Å². The fourth-order valence-corrected chi connectivity index (χ4v) is 0.491. The Balaban J connectivity index is 2.13. The molecule has 1 rings (SSSR count). The van der Waals surface area contributed by atoms with Crippen molar-refractivity contribution in [3.05, 3.63) is 0 Å². The van der Waals surface area contributed by atoms with Gasteiger partial charge in [-0.2, -0.15) is 0 Å². The van der Waals surface area contributed by atoms with E-state index in [1.165, 1.54) is 0 Å². The third kappa shape index (κ3) is 1.18. The van der Waals surface area contributed by atoms with Crippen LogP contribution >= 0.6 is 0 Å². The SMILES string of the molecule is O=C(OCF)C1CC1. The Morgan fingerprint density at radius 2 is 2.38 bits per heavy atom. The van der Waals surface area contributed by atoms with E-state index >= 15 is 0 Å². The molecule has 0 N–H and O–H groups in total. The van der Waals surface area contributed by atoms with Gasteiger partial charge in [-0.1, -0.05) is 0 Å². The Morgan fingerprint density at radius 3 is 2.75 bits per heavy atom. The second kappa shape index (κ2) is 2.11. The van der Waals surface area contributed by atoms with Gasteiger partial charge in [0.2, 0.25) is 6.86 Å². The van der Waals surface area contributed by atoms with Gasteiger partial charge in [0.05, 0.1) is 5.92 Å².